The number of benzene rings is 2. The fourth-order valence-corrected chi connectivity index (χ4v) is 2.06. The molecule has 0 amide bonds. The molecule has 0 aliphatic rings. The third-order valence-electron chi connectivity index (χ3n) is 2.52. The lowest BCUT2D eigenvalue weighted by molar-refractivity contribution is 0.467. The zero-order valence-corrected chi connectivity index (χ0v) is 11.4. The lowest BCUT2D eigenvalue weighted by atomic mass is 10.1. The van der Waals surface area contributed by atoms with Gasteiger partial charge in [0.2, 0.25) is 0 Å². The van der Waals surface area contributed by atoms with Gasteiger partial charge in [-0.2, -0.15) is 0 Å². The maximum Gasteiger partial charge on any atom is 0.141 e. The summed E-state index contributed by atoms with van der Waals surface area (Å²) in [5.41, 5.74) is 6.79. The number of para-hydroxylation sites is 1. The van der Waals surface area contributed by atoms with Gasteiger partial charge in [0, 0.05) is 11.6 Å². The van der Waals surface area contributed by atoms with Crippen molar-refractivity contribution in [3.8, 4) is 11.5 Å². The molecule has 0 aliphatic carbocycles. The maximum absolute atomic E-state index is 13.0. The van der Waals surface area contributed by atoms with Crippen LogP contribution in [0.5, 0.6) is 11.5 Å². The number of nitrogens with two attached hydrogens (primary N) is 1. The number of ether oxygens (including phenoxy) is 1. The summed E-state index contributed by atoms with van der Waals surface area (Å²) in [6.45, 7) is 1.89. The molecular formula is C14H13BrFNO. The van der Waals surface area contributed by atoms with Gasteiger partial charge in [0.1, 0.15) is 17.3 Å². The fourth-order valence-electron chi connectivity index (χ4n) is 1.63. The van der Waals surface area contributed by atoms with Crippen LogP contribution >= 0.6 is 15.9 Å². The van der Waals surface area contributed by atoms with Gasteiger partial charge >= 0.3 is 0 Å². The van der Waals surface area contributed by atoms with E-state index in [2.05, 4.69) is 15.9 Å². The van der Waals surface area contributed by atoms with E-state index in [9.17, 15) is 4.39 Å². The Hall–Kier alpha value is -1.39. The Labute approximate surface area is 114 Å². The van der Waals surface area contributed by atoms with Crippen molar-refractivity contribution in [2.45, 2.75) is 13.0 Å². The summed E-state index contributed by atoms with van der Waals surface area (Å²) in [6.07, 6.45) is 0. The highest BCUT2D eigenvalue weighted by Gasteiger charge is 2.10. The van der Waals surface area contributed by atoms with E-state index in [4.69, 9.17) is 10.5 Å². The Kier molecular flexibility index (Phi) is 3.99. The Bertz CT molecular complexity index is 557. The van der Waals surface area contributed by atoms with Crippen molar-refractivity contribution in [1.82, 2.24) is 0 Å². The van der Waals surface area contributed by atoms with Crippen LogP contribution in [0.15, 0.2) is 46.9 Å². The SMILES string of the molecule is CC(N)c1ccccc1Oc1ccc(F)cc1Br. The molecule has 94 valence electrons. The summed E-state index contributed by atoms with van der Waals surface area (Å²) in [7, 11) is 0. The summed E-state index contributed by atoms with van der Waals surface area (Å²) < 4.78 is 19.3. The van der Waals surface area contributed by atoms with Gasteiger partial charge in [-0.3, -0.25) is 0 Å². The smallest absolute Gasteiger partial charge is 0.141 e. The molecule has 0 saturated heterocycles. The quantitative estimate of drug-likeness (QED) is 0.912. The minimum atomic E-state index is -0.310. The normalized spacial score (nSPS) is 12.2. The summed E-state index contributed by atoms with van der Waals surface area (Å²) >= 11 is 3.27. The van der Waals surface area contributed by atoms with Gasteiger partial charge in [-0.15, -0.1) is 0 Å². The van der Waals surface area contributed by atoms with Crippen molar-refractivity contribution in [2.24, 2.45) is 5.73 Å². The van der Waals surface area contributed by atoms with Crippen LogP contribution < -0.4 is 10.5 Å². The molecule has 0 fully saturated rings. The highest BCUT2D eigenvalue weighted by molar-refractivity contribution is 9.10. The minimum absolute atomic E-state index is 0.125. The van der Waals surface area contributed by atoms with E-state index in [0.717, 1.165) is 5.56 Å². The minimum Gasteiger partial charge on any atom is -0.456 e. The molecule has 0 radical (unpaired) electrons. The van der Waals surface area contributed by atoms with Gasteiger partial charge in [0.25, 0.3) is 0 Å². The average Bonchev–Trinajstić information content (AvgIpc) is 2.33. The largest absolute Gasteiger partial charge is 0.456 e. The first kappa shape index (κ1) is 13.1. The predicted octanol–water partition coefficient (Wildman–Crippen LogP) is 4.40. The molecule has 0 aromatic heterocycles. The molecule has 1 unspecified atom stereocenters. The van der Waals surface area contributed by atoms with Crippen molar-refractivity contribution >= 4 is 15.9 Å². The highest BCUT2D eigenvalue weighted by Crippen LogP contribution is 2.33. The van der Waals surface area contributed by atoms with Gasteiger partial charge < -0.3 is 10.5 Å². The average molecular weight is 310 g/mol. The zero-order chi connectivity index (χ0) is 13.1. The van der Waals surface area contributed by atoms with Crippen LogP contribution in [0.2, 0.25) is 0 Å². The topological polar surface area (TPSA) is 35.2 Å². The molecule has 0 heterocycles. The first-order valence-electron chi connectivity index (χ1n) is 5.55. The lowest BCUT2D eigenvalue weighted by Crippen LogP contribution is -2.06. The number of halogens is 2. The molecular weight excluding hydrogens is 297 g/mol. The molecule has 0 spiro atoms. The van der Waals surface area contributed by atoms with Crippen molar-refractivity contribution < 1.29 is 9.13 Å². The van der Waals surface area contributed by atoms with Crippen molar-refractivity contribution in [1.29, 1.82) is 0 Å². The van der Waals surface area contributed by atoms with Crippen LogP contribution in [-0.2, 0) is 0 Å². The van der Waals surface area contributed by atoms with Crippen molar-refractivity contribution in [3.63, 3.8) is 0 Å². The third-order valence-corrected chi connectivity index (χ3v) is 3.14. The van der Waals surface area contributed by atoms with Gasteiger partial charge in [-0.05, 0) is 47.1 Å². The molecule has 0 aliphatic heterocycles. The Morgan fingerprint density at radius 1 is 1.17 bits per heavy atom. The van der Waals surface area contributed by atoms with Gasteiger partial charge in [0.15, 0.2) is 0 Å². The first-order valence-corrected chi connectivity index (χ1v) is 6.34. The molecule has 0 saturated carbocycles. The van der Waals surface area contributed by atoms with Gasteiger partial charge in [0.05, 0.1) is 4.47 Å². The molecule has 2 N–H and O–H groups in total. The molecule has 0 bridgehead atoms. The Morgan fingerprint density at radius 3 is 2.56 bits per heavy atom. The Morgan fingerprint density at radius 2 is 1.89 bits per heavy atom. The molecule has 2 nitrogen and oxygen atoms in total. The van der Waals surface area contributed by atoms with E-state index in [1.54, 1.807) is 6.07 Å². The van der Waals surface area contributed by atoms with Crippen LogP contribution in [-0.4, -0.2) is 0 Å². The zero-order valence-electron chi connectivity index (χ0n) is 9.86. The third kappa shape index (κ3) is 2.89. The molecule has 4 heteroatoms. The molecule has 1 atom stereocenters. The van der Waals surface area contributed by atoms with E-state index in [1.165, 1.54) is 12.1 Å². The highest BCUT2D eigenvalue weighted by atomic mass is 79.9. The van der Waals surface area contributed by atoms with E-state index in [-0.39, 0.29) is 11.9 Å². The monoisotopic (exact) mass is 309 g/mol. The van der Waals surface area contributed by atoms with E-state index in [1.807, 2.05) is 31.2 Å². The van der Waals surface area contributed by atoms with Crippen LogP contribution in [0.3, 0.4) is 0 Å². The van der Waals surface area contributed by atoms with Crippen LogP contribution in [0.25, 0.3) is 0 Å². The van der Waals surface area contributed by atoms with Crippen LogP contribution in [0.1, 0.15) is 18.5 Å². The second-order valence-corrected chi connectivity index (χ2v) is 4.86. The van der Waals surface area contributed by atoms with Crippen molar-refractivity contribution in [2.75, 3.05) is 0 Å². The van der Waals surface area contributed by atoms with Crippen LogP contribution in [0.4, 0.5) is 4.39 Å². The second kappa shape index (κ2) is 5.50. The molecule has 2 rings (SSSR count). The summed E-state index contributed by atoms with van der Waals surface area (Å²) in [5.74, 6) is 0.930. The van der Waals surface area contributed by atoms with E-state index < -0.39 is 0 Å². The number of hydrogen-bond donors (Lipinski definition) is 1. The fraction of sp³-hybridized carbons (Fsp3) is 0.143. The summed E-state index contributed by atoms with van der Waals surface area (Å²) in [4.78, 5) is 0. The summed E-state index contributed by atoms with van der Waals surface area (Å²) in [5, 5.41) is 0. The molecule has 18 heavy (non-hydrogen) atoms. The second-order valence-electron chi connectivity index (χ2n) is 4.00. The molecule has 2 aromatic rings. The number of hydrogen-bond acceptors (Lipinski definition) is 2. The first-order chi connectivity index (χ1) is 8.58. The van der Waals surface area contributed by atoms with Crippen molar-refractivity contribution in [3.05, 3.63) is 58.3 Å². The number of rotatable bonds is 3. The standard InChI is InChI=1S/C14H13BrFNO/c1-9(17)11-4-2-3-5-13(11)18-14-7-6-10(16)8-12(14)15/h2-9H,17H2,1H3. The predicted molar refractivity (Wildman–Crippen MR) is 73.2 cm³/mol. The van der Waals surface area contributed by atoms with E-state index >= 15 is 0 Å². The van der Waals surface area contributed by atoms with Gasteiger partial charge in [-0.1, -0.05) is 18.2 Å². The van der Waals surface area contributed by atoms with Gasteiger partial charge in [-0.25, -0.2) is 4.39 Å². The van der Waals surface area contributed by atoms with Crippen LogP contribution in [0, 0.1) is 5.82 Å². The summed E-state index contributed by atoms with van der Waals surface area (Å²) in [6, 6.07) is 11.7. The molecule has 2 aromatic carbocycles. The maximum atomic E-state index is 13.0. The van der Waals surface area contributed by atoms with E-state index in [0.29, 0.717) is 16.0 Å². The Balaban J connectivity index is 2.34. The lowest BCUT2D eigenvalue weighted by Gasteiger charge is -2.14.